The Morgan fingerprint density at radius 2 is 2.44 bits per heavy atom. The molecule has 2 atom stereocenters. The molecule has 1 saturated heterocycles. The zero-order chi connectivity index (χ0) is 6.85. The number of nitrogens with one attached hydrogen (secondary N) is 1. The highest BCUT2D eigenvalue weighted by Crippen LogP contribution is 2.19. The second-order valence-corrected chi connectivity index (χ2v) is 2.70. The van der Waals surface area contributed by atoms with Crippen LogP contribution in [-0.4, -0.2) is 12.5 Å². The average molecular weight is 127 g/mol. The van der Waals surface area contributed by atoms with Crippen LogP contribution in [0.4, 0.5) is 0 Å². The molecule has 0 aromatic rings. The Morgan fingerprint density at radius 3 is 2.67 bits per heavy atom. The average Bonchev–Trinajstić information content (AvgIpc) is 2.15. The molecule has 1 aliphatic rings. The van der Waals surface area contributed by atoms with Gasteiger partial charge in [0.05, 0.1) is 0 Å². The Bertz CT molecular complexity index is 122. The van der Waals surface area contributed by atoms with Crippen molar-refractivity contribution in [1.29, 1.82) is 0 Å². The van der Waals surface area contributed by atoms with Crippen molar-refractivity contribution in [1.82, 2.24) is 5.32 Å². The summed E-state index contributed by atoms with van der Waals surface area (Å²) in [6.45, 7) is 5.01. The molecular weight excluding hydrogens is 114 g/mol. The summed E-state index contributed by atoms with van der Waals surface area (Å²) in [5.74, 6) is 1.05. The molecule has 52 valence electrons. The van der Waals surface area contributed by atoms with Gasteiger partial charge >= 0.3 is 0 Å². The zero-order valence-corrected chi connectivity index (χ0v) is 5.98. The predicted octanol–water partition coefficient (Wildman–Crippen LogP) is 0.778. The number of hydrogen-bond donors (Lipinski definition) is 1. The van der Waals surface area contributed by atoms with E-state index >= 15 is 0 Å². The van der Waals surface area contributed by atoms with Gasteiger partial charge in [-0.3, -0.25) is 4.79 Å². The first-order valence-corrected chi connectivity index (χ1v) is 3.53. The van der Waals surface area contributed by atoms with Gasteiger partial charge in [0, 0.05) is 12.5 Å². The summed E-state index contributed by atoms with van der Waals surface area (Å²) >= 11 is 0. The van der Waals surface area contributed by atoms with Gasteiger partial charge in [0.25, 0.3) is 0 Å². The minimum atomic E-state index is 0.224. The molecule has 1 heterocycles. The van der Waals surface area contributed by atoms with Crippen LogP contribution in [0, 0.1) is 11.8 Å². The lowest BCUT2D eigenvalue weighted by Crippen LogP contribution is -2.16. The largest absolute Gasteiger partial charge is 0.356 e. The molecule has 1 fully saturated rings. The molecule has 2 nitrogen and oxygen atoms in total. The molecule has 2 heteroatoms. The van der Waals surface area contributed by atoms with Gasteiger partial charge in [0.1, 0.15) is 0 Å². The first-order valence-electron chi connectivity index (χ1n) is 3.53. The van der Waals surface area contributed by atoms with Crippen molar-refractivity contribution in [3.8, 4) is 0 Å². The topological polar surface area (TPSA) is 29.1 Å². The van der Waals surface area contributed by atoms with Crippen LogP contribution in [0.3, 0.4) is 0 Å². The fourth-order valence-corrected chi connectivity index (χ4v) is 1.28. The van der Waals surface area contributed by atoms with E-state index in [9.17, 15) is 4.79 Å². The molecule has 9 heavy (non-hydrogen) atoms. The monoisotopic (exact) mass is 127 g/mol. The van der Waals surface area contributed by atoms with Crippen molar-refractivity contribution >= 4 is 5.91 Å². The second-order valence-electron chi connectivity index (χ2n) is 2.70. The summed E-state index contributed by atoms with van der Waals surface area (Å²) in [4.78, 5) is 10.8. The normalized spacial score (nSPS) is 34.7. The lowest BCUT2D eigenvalue weighted by atomic mass is 9.95. The predicted molar refractivity (Wildman–Crippen MR) is 36.0 cm³/mol. The van der Waals surface area contributed by atoms with Crippen molar-refractivity contribution in [2.75, 3.05) is 6.54 Å². The van der Waals surface area contributed by atoms with E-state index in [0.717, 1.165) is 13.0 Å². The number of carbonyl (C=O) groups excluding carboxylic acids is 1. The first kappa shape index (κ1) is 6.59. The van der Waals surface area contributed by atoms with Crippen molar-refractivity contribution in [2.24, 2.45) is 11.8 Å². The summed E-state index contributed by atoms with van der Waals surface area (Å²) in [5.41, 5.74) is 0. The van der Waals surface area contributed by atoms with Crippen LogP contribution in [0.5, 0.6) is 0 Å². The fourth-order valence-electron chi connectivity index (χ4n) is 1.28. The third-order valence-corrected chi connectivity index (χ3v) is 2.18. The fraction of sp³-hybridized carbons (Fsp3) is 0.857. The Labute approximate surface area is 55.6 Å². The highest BCUT2D eigenvalue weighted by Gasteiger charge is 2.28. The Kier molecular flexibility index (Phi) is 1.74. The van der Waals surface area contributed by atoms with Crippen molar-refractivity contribution in [3.05, 3.63) is 0 Å². The SMILES string of the molecule is CCC1CNC(=O)C1C. The molecule has 2 unspecified atom stereocenters. The van der Waals surface area contributed by atoms with Gasteiger partial charge in [0.2, 0.25) is 5.91 Å². The van der Waals surface area contributed by atoms with Crippen LogP contribution in [-0.2, 0) is 4.79 Å². The molecule has 0 bridgehead atoms. The maximum Gasteiger partial charge on any atom is 0.223 e. The van der Waals surface area contributed by atoms with Crippen molar-refractivity contribution in [2.45, 2.75) is 20.3 Å². The molecule has 0 spiro atoms. The van der Waals surface area contributed by atoms with E-state index in [2.05, 4.69) is 12.2 Å². The zero-order valence-electron chi connectivity index (χ0n) is 5.98. The summed E-state index contributed by atoms with van der Waals surface area (Å²) < 4.78 is 0. The smallest absolute Gasteiger partial charge is 0.223 e. The van der Waals surface area contributed by atoms with Crippen LogP contribution in [0.15, 0.2) is 0 Å². The Morgan fingerprint density at radius 1 is 1.78 bits per heavy atom. The third-order valence-electron chi connectivity index (χ3n) is 2.18. The van der Waals surface area contributed by atoms with E-state index in [0.29, 0.717) is 5.92 Å². The summed E-state index contributed by atoms with van der Waals surface area (Å²) in [6.07, 6.45) is 1.11. The molecular formula is C7H13NO. The highest BCUT2D eigenvalue weighted by molar-refractivity contribution is 5.80. The molecule has 1 aliphatic heterocycles. The molecule has 0 radical (unpaired) electrons. The molecule has 0 aromatic heterocycles. The molecule has 1 rings (SSSR count). The number of hydrogen-bond acceptors (Lipinski definition) is 1. The standard InChI is InChI=1S/C7H13NO/c1-3-6-4-8-7(9)5(6)2/h5-6H,3-4H2,1-2H3,(H,8,9). The summed E-state index contributed by atoms with van der Waals surface area (Å²) in [5, 5.41) is 2.83. The van der Waals surface area contributed by atoms with Crippen molar-refractivity contribution < 1.29 is 4.79 Å². The number of rotatable bonds is 1. The van der Waals surface area contributed by atoms with Crippen molar-refractivity contribution in [3.63, 3.8) is 0 Å². The summed E-state index contributed by atoms with van der Waals surface area (Å²) in [6, 6.07) is 0. The van der Waals surface area contributed by atoms with Gasteiger partial charge in [-0.2, -0.15) is 0 Å². The lowest BCUT2D eigenvalue weighted by molar-refractivity contribution is -0.122. The quantitative estimate of drug-likeness (QED) is 0.554. The Balaban J connectivity index is 2.51. The van der Waals surface area contributed by atoms with E-state index in [1.165, 1.54) is 0 Å². The molecule has 1 N–H and O–H groups in total. The van der Waals surface area contributed by atoms with Gasteiger partial charge in [0.15, 0.2) is 0 Å². The molecule has 0 aliphatic carbocycles. The highest BCUT2D eigenvalue weighted by atomic mass is 16.2. The third kappa shape index (κ3) is 1.07. The van der Waals surface area contributed by atoms with E-state index in [-0.39, 0.29) is 11.8 Å². The summed E-state index contributed by atoms with van der Waals surface area (Å²) in [7, 11) is 0. The van der Waals surface area contributed by atoms with E-state index in [1.807, 2.05) is 6.92 Å². The van der Waals surface area contributed by atoms with Crippen LogP contribution in [0.1, 0.15) is 20.3 Å². The number of carbonyl (C=O) groups is 1. The van der Waals surface area contributed by atoms with Crippen LogP contribution in [0.2, 0.25) is 0 Å². The van der Waals surface area contributed by atoms with E-state index < -0.39 is 0 Å². The molecule has 0 saturated carbocycles. The van der Waals surface area contributed by atoms with Gasteiger partial charge < -0.3 is 5.32 Å². The van der Waals surface area contributed by atoms with Gasteiger partial charge in [-0.15, -0.1) is 0 Å². The van der Waals surface area contributed by atoms with Gasteiger partial charge in [-0.25, -0.2) is 0 Å². The minimum absolute atomic E-state index is 0.224. The maximum absolute atomic E-state index is 10.8. The first-order chi connectivity index (χ1) is 4.25. The van der Waals surface area contributed by atoms with Gasteiger partial charge in [-0.1, -0.05) is 20.3 Å². The maximum atomic E-state index is 10.8. The minimum Gasteiger partial charge on any atom is -0.356 e. The van der Waals surface area contributed by atoms with Gasteiger partial charge in [-0.05, 0) is 5.92 Å². The van der Waals surface area contributed by atoms with Crippen LogP contribution >= 0.6 is 0 Å². The number of amides is 1. The van der Waals surface area contributed by atoms with E-state index in [4.69, 9.17) is 0 Å². The van der Waals surface area contributed by atoms with E-state index in [1.54, 1.807) is 0 Å². The van der Waals surface area contributed by atoms with Crippen LogP contribution in [0.25, 0.3) is 0 Å². The second kappa shape index (κ2) is 2.38. The molecule has 1 amide bonds. The van der Waals surface area contributed by atoms with Crippen LogP contribution < -0.4 is 5.32 Å². The lowest BCUT2D eigenvalue weighted by Gasteiger charge is -2.06. The molecule has 0 aromatic carbocycles. The Hall–Kier alpha value is -0.530.